The van der Waals surface area contributed by atoms with Crippen LogP contribution in [0, 0.1) is 17.8 Å². The molecule has 1 aromatic carbocycles. The monoisotopic (exact) mass is 1290 g/mol. The fourth-order valence-electron chi connectivity index (χ4n) is 11.0. The number of ketones is 1. The number of rotatable bonds is 27. The molecule has 29 heteroatoms. The molecule has 5 rings (SSSR count). The van der Waals surface area contributed by atoms with Crippen LogP contribution < -0.4 is 47.3 Å². The van der Waals surface area contributed by atoms with Crippen molar-refractivity contribution in [3.63, 3.8) is 0 Å². The van der Waals surface area contributed by atoms with Crippen molar-refractivity contribution in [3.8, 4) is 5.75 Å². The molecule has 0 spiro atoms. The molecule has 27 nitrogen and oxygen atoms in total. The molecule has 1 aliphatic carbocycles. The van der Waals surface area contributed by atoms with Crippen LogP contribution in [-0.4, -0.2) is 200 Å². The molecule has 0 aromatic heterocycles. The number of anilines is 1. The molecule has 2 saturated heterocycles. The van der Waals surface area contributed by atoms with Crippen LogP contribution in [0.4, 0.5) is 10.5 Å². The molecule has 1 aromatic rings. The lowest BCUT2D eigenvalue weighted by molar-refractivity contribution is -0.162. The van der Waals surface area contributed by atoms with Crippen molar-refractivity contribution in [1.82, 2.24) is 36.8 Å². The van der Waals surface area contributed by atoms with Gasteiger partial charge < -0.3 is 76.0 Å². The predicted octanol–water partition coefficient (Wildman–Crippen LogP) is 1.96. The highest BCUT2D eigenvalue weighted by Crippen LogP contribution is 2.49. The van der Waals surface area contributed by atoms with Crippen molar-refractivity contribution in [2.45, 2.75) is 165 Å². The van der Waals surface area contributed by atoms with E-state index < -0.39 is 119 Å². The third-order valence-corrected chi connectivity index (χ3v) is 18.3. The average Bonchev–Trinajstić information content (AvgIpc) is 1.62. The summed E-state index contributed by atoms with van der Waals surface area (Å²) in [6.45, 7) is 7.68. The SMILES string of the molecule is COc1cc2cc(c1Cl)N(C)C(=O)C[C@H](OC(=O)[C@H](C)N(C)C(=O)CCS[C@H](CC(=O)NCC1CCC(C(=O)NCCCCC(NC(=O)CNC(=O)CNC(=O)CN)C(C)=O)CC1)C(=O)O)[C@]1(C)O[C@H]1[C@H](C)C1C[C@@](O)(NC(=O)O1)[C@H](OC)/C=C/C=C(\C)C2. The molecule has 8 amide bonds. The zero-order valence-electron chi connectivity index (χ0n) is 52.1. The van der Waals surface area contributed by atoms with Gasteiger partial charge in [0.05, 0.1) is 51.0 Å². The molecule has 0 radical (unpaired) electrons. The van der Waals surface area contributed by atoms with E-state index in [1.54, 1.807) is 38.1 Å². The van der Waals surface area contributed by atoms with E-state index >= 15 is 0 Å². The van der Waals surface area contributed by atoms with Gasteiger partial charge in [-0.3, -0.25) is 48.5 Å². The standard InChI is InChI=1S/C60H88ClN9O18S/c1-33-13-12-15-45(85-9)60(83)28-43(86-58(82)68-60)34(2)54-59(5,88-54)46(27-52(77)70(7)41-24-38(23-33)25-42(84-8)53(41)61)87-57(81)35(3)69(6)51(76)20-22-89-44(56(79)80)26-47(72)64-30-37-16-18-39(19-17-37)55(78)63-21-11-10-14-40(36(4)71)67-50(75)32-66-49(74)31-65-48(73)29-62/h12-13,15,24-25,34-35,37,39-40,43-46,54,83H,10-11,14,16-23,26-32,62H2,1-9H3,(H,63,78)(H,64,72)(H,65,73)(H,66,74)(H,67,75)(H,68,82)(H,79,80)/b15-12+,33-13+/t34-,35+,37?,39?,40?,43?,44-,45-,46+,54+,59+,60+/m1/s1. The molecule has 10 N–H and O–H groups in total. The number of carbonyl (C=O) groups is 11. The summed E-state index contributed by atoms with van der Waals surface area (Å²) in [6, 6.07) is 1.49. The van der Waals surface area contributed by atoms with Gasteiger partial charge in [0.15, 0.2) is 11.5 Å². The second-order valence-electron chi connectivity index (χ2n) is 23.4. The number of aliphatic hydroxyl groups is 1. The number of halogens is 1. The highest BCUT2D eigenvalue weighted by atomic mass is 35.5. The number of thioether (sulfide) groups is 1. The van der Waals surface area contributed by atoms with Crippen molar-refractivity contribution < 1.29 is 86.6 Å². The number of epoxide rings is 1. The van der Waals surface area contributed by atoms with Gasteiger partial charge in [-0.15, -0.1) is 11.8 Å². The van der Waals surface area contributed by atoms with Gasteiger partial charge in [0.25, 0.3) is 0 Å². The van der Waals surface area contributed by atoms with Crippen molar-refractivity contribution in [2.75, 3.05) is 71.7 Å². The summed E-state index contributed by atoms with van der Waals surface area (Å²) in [4.78, 5) is 144. The van der Waals surface area contributed by atoms with Crippen LogP contribution in [0.1, 0.15) is 111 Å². The summed E-state index contributed by atoms with van der Waals surface area (Å²) in [6.07, 6.45) is 3.31. The lowest BCUT2D eigenvalue weighted by Gasteiger charge is -2.42. The highest BCUT2D eigenvalue weighted by molar-refractivity contribution is 8.00. The quantitative estimate of drug-likeness (QED) is 0.0345. The number of aliphatic carboxylic acids is 1. The first-order chi connectivity index (χ1) is 42.0. The topological polar surface area (TPSA) is 382 Å². The van der Waals surface area contributed by atoms with Crippen molar-refractivity contribution in [3.05, 3.63) is 46.5 Å². The van der Waals surface area contributed by atoms with Crippen LogP contribution in [0.3, 0.4) is 0 Å². The van der Waals surface area contributed by atoms with Gasteiger partial charge >= 0.3 is 18.0 Å². The maximum atomic E-state index is 14.4. The summed E-state index contributed by atoms with van der Waals surface area (Å²) < 4.78 is 29.4. The second kappa shape index (κ2) is 33.8. The number of unbranched alkanes of at least 4 members (excludes halogenated alkanes) is 1. The Morgan fingerprint density at radius 3 is 2.31 bits per heavy atom. The molecule has 4 bridgehead atoms. The van der Waals surface area contributed by atoms with Crippen molar-refractivity contribution in [2.24, 2.45) is 23.5 Å². The molecule has 3 fully saturated rings. The third-order valence-electron chi connectivity index (χ3n) is 16.7. The maximum absolute atomic E-state index is 14.4. The van der Waals surface area contributed by atoms with E-state index in [0.717, 1.165) is 27.8 Å². The fourth-order valence-corrected chi connectivity index (χ4v) is 12.3. The Bertz CT molecular complexity index is 2820. The number of alkyl carbamates (subject to hydrolysis) is 1. The van der Waals surface area contributed by atoms with Gasteiger partial charge in [-0.05, 0) is 103 Å². The number of amides is 8. The second-order valence-corrected chi connectivity index (χ2v) is 25.0. The van der Waals surface area contributed by atoms with Gasteiger partial charge in [-0.25, -0.2) is 9.59 Å². The molecular formula is C60H88ClN9O18S. The van der Waals surface area contributed by atoms with Gasteiger partial charge in [-0.2, -0.15) is 0 Å². The Hall–Kier alpha value is -6.85. The number of hydrogen-bond acceptors (Lipinski definition) is 19. The highest BCUT2D eigenvalue weighted by Gasteiger charge is 2.64. The number of Topliss-reactive ketones (excluding diaryl/α,β-unsaturated/α-hetero) is 1. The number of hydrogen-bond donors (Lipinski definition) is 9. The lowest BCUT2D eigenvalue weighted by Crippen LogP contribution is -2.63. The number of fused-ring (bicyclic) bond motifs is 5. The van der Waals surface area contributed by atoms with Gasteiger partial charge in [0.1, 0.15) is 46.0 Å². The minimum absolute atomic E-state index is 0.0150. The van der Waals surface area contributed by atoms with Crippen LogP contribution in [0.25, 0.3) is 0 Å². The van der Waals surface area contributed by atoms with E-state index in [9.17, 15) is 63.0 Å². The summed E-state index contributed by atoms with van der Waals surface area (Å²) in [5, 5.41) is 36.4. The summed E-state index contributed by atoms with van der Waals surface area (Å²) >= 11 is 7.72. The number of allylic oxidation sites excluding steroid dienone is 3. The number of carboxylic acid groups (broad SMARTS) is 1. The molecule has 3 heterocycles. The molecule has 2 unspecified atom stereocenters. The summed E-state index contributed by atoms with van der Waals surface area (Å²) in [5.41, 5.74) is 3.84. The molecule has 89 heavy (non-hydrogen) atoms. The van der Waals surface area contributed by atoms with Gasteiger partial charge in [0, 0.05) is 71.1 Å². The van der Waals surface area contributed by atoms with E-state index in [2.05, 4.69) is 31.9 Å². The summed E-state index contributed by atoms with van der Waals surface area (Å²) in [5.74, 6) is -6.29. The fraction of sp³-hybridized carbons (Fsp3) is 0.650. The van der Waals surface area contributed by atoms with E-state index in [1.807, 2.05) is 13.0 Å². The maximum Gasteiger partial charge on any atom is 0.409 e. The molecule has 494 valence electrons. The number of carboxylic acids is 1. The zero-order valence-corrected chi connectivity index (χ0v) is 53.6. The first-order valence-corrected chi connectivity index (χ1v) is 31.2. The number of nitrogens with two attached hydrogens (primary N) is 1. The third kappa shape index (κ3) is 21.1. The zero-order chi connectivity index (χ0) is 65.9. The van der Waals surface area contributed by atoms with E-state index in [1.165, 1.54) is 47.1 Å². The molecule has 3 aliphatic heterocycles. The Balaban J connectivity index is 1.10. The molecular weight excluding hydrogens is 1200 g/mol. The molecule has 1 saturated carbocycles. The van der Waals surface area contributed by atoms with E-state index in [4.69, 9.17) is 41.0 Å². The number of nitrogens with zero attached hydrogens (tertiary/aromatic N) is 2. The number of nitrogens with one attached hydrogen (secondary N) is 6. The minimum Gasteiger partial charge on any atom is -0.495 e. The van der Waals surface area contributed by atoms with E-state index in [-0.39, 0.29) is 79.7 Å². The number of ether oxygens (including phenoxy) is 5. The van der Waals surface area contributed by atoms with Crippen LogP contribution in [-0.2, 0) is 73.3 Å². The Morgan fingerprint density at radius 1 is 0.978 bits per heavy atom. The first-order valence-electron chi connectivity index (χ1n) is 29.8. The number of esters is 1. The molecule has 10 atom stereocenters. The number of methoxy groups -OCH3 is 2. The van der Waals surface area contributed by atoms with Crippen molar-refractivity contribution in [1.29, 1.82) is 0 Å². The lowest BCUT2D eigenvalue weighted by atomic mass is 9.81. The Labute approximate surface area is 527 Å². The van der Waals surface area contributed by atoms with Crippen LogP contribution in [0.15, 0.2) is 35.9 Å². The normalized spacial score (nSPS) is 26.3. The van der Waals surface area contributed by atoms with E-state index in [0.29, 0.717) is 69.3 Å². The largest absolute Gasteiger partial charge is 0.495 e. The van der Waals surface area contributed by atoms with Crippen LogP contribution >= 0.6 is 23.4 Å². The predicted molar refractivity (Wildman–Crippen MR) is 327 cm³/mol. The Morgan fingerprint density at radius 2 is 1.66 bits per heavy atom. The molecule has 4 aliphatic rings. The van der Waals surface area contributed by atoms with Gasteiger partial charge in [-0.1, -0.05) is 42.3 Å². The number of benzene rings is 1. The van der Waals surface area contributed by atoms with Crippen LogP contribution in [0.5, 0.6) is 5.75 Å². The number of likely N-dealkylation sites (N-methyl/N-ethyl adjacent to an activating group) is 1. The van der Waals surface area contributed by atoms with Crippen LogP contribution in [0.2, 0.25) is 5.02 Å². The first kappa shape index (κ1) is 72.9. The average molecular weight is 1290 g/mol. The van der Waals surface area contributed by atoms with Gasteiger partial charge in [0.2, 0.25) is 41.4 Å². The Kier molecular flexibility index (Phi) is 27.7. The smallest absolute Gasteiger partial charge is 0.409 e. The van der Waals surface area contributed by atoms with Crippen molar-refractivity contribution >= 4 is 94.2 Å². The summed E-state index contributed by atoms with van der Waals surface area (Å²) in [7, 11) is 5.75. The number of carbonyl (C=O) groups excluding carboxylic acids is 10. The minimum atomic E-state index is -1.91.